The lowest BCUT2D eigenvalue weighted by molar-refractivity contribution is -0.385. The van der Waals surface area contributed by atoms with Crippen LogP contribution in [0.15, 0.2) is 30.6 Å². The monoisotopic (exact) mass is 288 g/mol. The molecule has 0 saturated heterocycles. The van der Waals surface area contributed by atoms with Crippen LogP contribution in [0.2, 0.25) is 0 Å². The van der Waals surface area contributed by atoms with Crippen molar-refractivity contribution in [3.8, 4) is 5.75 Å². The molecule has 2 heterocycles. The van der Waals surface area contributed by atoms with Crippen LogP contribution in [0.4, 0.5) is 5.69 Å². The van der Waals surface area contributed by atoms with Gasteiger partial charge in [-0.15, -0.1) is 0 Å². The van der Waals surface area contributed by atoms with Crippen LogP contribution >= 0.6 is 0 Å². The zero-order chi connectivity index (χ0) is 15.0. The van der Waals surface area contributed by atoms with Crippen LogP contribution in [0.5, 0.6) is 5.75 Å². The Labute approximate surface area is 119 Å². The Morgan fingerprint density at radius 2 is 2.19 bits per heavy atom. The van der Waals surface area contributed by atoms with Crippen molar-refractivity contribution in [3.05, 3.63) is 52.1 Å². The number of nitro groups is 1. The minimum atomic E-state index is -0.713. The number of aromatic nitrogens is 2. The van der Waals surface area contributed by atoms with E-state index in [9.17, 15) is 20.0 Å². The van der Waals surface area contributed by atoms with Gasteiger partial charge >= 0.3 is 5.69 Å². The van der Waals surface area contributed by atoms with Crippen LogP contribution in [-0.2, 0) is 13.1 Å². The normalized spacial score (nSPS) is 13.8. The molecule has 0 atom stereocenters. The molecule has 3 rings (SSSR count). The first-order valence-corrected chi connectivity index (χ1v) is 6.33. The van der Waals surface area contributed by atoms with Gasteiger partial charge in [0.15, 0.2) is 0 Å². The van der Waals surface area contributed by atoms with E-state index in [1.807, 2.05) is 10.8 Å². The fourth-order valence-corrected chi connectivity index (χ4v) is 2.37. The van der Waals surface area contributed by atoms with Crippen molar-refractivity contribution in [1.82, 2.24) is 14.5 Å². The smallest absolute Gasteiger partial charge is 0.311 e. The van der Waals surface area contributed by atoms with E-state index in [1.54, 1.807) is 6.20 Å². The van der Waals surface area contributed by atoms with E-state index in [1.165, 1.54) is 17.0 Å². The summed E-state index contributed by atoms with van der Waals surface area (Å²) in [6.45, 7) is 1.38. The van der Waals surface area contributed by atoms with Crippen molar-refractivity contribution in [2.45, 2.75) is 13.1 Å². The average Bonchev–Trinajstić information content (AvgIpc) is 2.93. The highest BCUT2D eigenvalue weighted by Gasteiger charge is 2.27. The summed E-state index contributed by atoms with van der Waals surface area (Å²) in [4.78, 5) is 28.2. The van der Waals surface area contributed by atoms with Crippen LogP contribution < -0.4 is 0 Å². The Balaban J connectivity index is 1.90. The molecule has 21 heavy (non-hydrogen) atoms. The fraction of sp³-hybridized carbons (Fsp3) is 0.231. The number of imidazole rings is 1. The largest absolute Gasteiger partial charge is 0.502 e. The summed E-state index contributed by atoms with van der Waals surface area (Å²) in [5.41, 5.74) is -0.538. The summed E-state index contributed by atoms with van der Waals surface area (Å²) in [6, 6.07) is 3.93. The molecule has 0 bridgehead atoms. The number of nitro benzene ring substituents is 1. The average molecular weight is 288 g/mol. The number of benzene rings is 1. The lowest BCUT2D eigenvalue weighted by atomic mass is 10.1. The van der Waals surface area contributed by atoms with Crippen molar-refractivity contribution < 1.29 is 14.8 Å². The number of para-hydroxylation sites is 1. The van der Waals surface area contributed by atoms with Crippen molar-refractivity contribution in [3.63, 3.8) is 0 Å². The molecule has 1 N–H and O–H groups in total. The third-order valence-corrected chi connectivity index (χ3v) is 3.47. The van der Waals surface area contributed by atoms with E-state index < -0.39 is 22.3 Å². The van der Waals surface area contributed by atoms with Gasteiger partial charge in [0.05, 0.1) is 17.0 Å². The number of fused-ring (bicyclic) bond motifs is 1. The van der Waals surface area contributed by atoms with Crippen molar-refractivity contribution in [2.75, 3.05) is 6.54 Å². The van der Waals surface area contributed by atoms with Gasteiger partial charge < -0.3 is 14.6 Å². The van der Waals surface area contributed by atoms with Gasteiger partial charge in [0.1, 0.15) is 5.82 Å². The number of amides is 1. The van der Waals surface area contributed by atoms with E-state index in [4.69, 9.17) is 0 Å². The molecule has 1 aliphatic heterocycles. The summed E-state index contributed by atoms with van der Waals surface area (Å²) in [5, 5.41) is 20.7. The molecule has 1 amide bonds. The number of rotatable bonds is 2. The van der Waals surface area contributed by atoms with Gasteiger partial charge in [-0.05, 0) is 6.07 Å². The Morgan fingerprint density at radius 3 is 2.95 bits per heavy atom. The molecule has 0 unspecified atom stereocenters. The zero-order valence-electron chi connectivity index (χ0n) is 11.0. The molecule has 0 spiro atoms. The Bertz CT molecular complexity index is 725. The second-order valence-corrected chi connectivity index (χ2v) is 4.69. The second-order valence-electron chi connectivity index (χ2n) is 4.69. The van der Waals surface area contributed by atoms with Crippen LogP contribution in [0.3, 0.4) is 0 Å². The van der Waals surface area contributed by atoms with Crippen LogP contribution in [-0.4, -0.2) is 36.9 Å². The number of carbonyl (C=O) groups is 1. The highest BCUT2D eigenvalue weighted by atomic mass is 16.6. The van der Waals surface area contributed by atoms with E-state index >= 15 is 0 Å². The third kappa shape index (κ3) is 2.20. The number of hydrogen-bond acceptors (Lipinski definition) is 5. The van der Waals surface area contributed by atoms with Crippen LogP contribution in [0.1, 0.15) is 16.2 Å². The maximum Gasteiger partial charge on any atom is 0.311 e. The Kier molecular flexibility index (Phi) is 3.05. The van der Waals surface area contributed by atoms with Crippen molar-refractivity contribution in [2.24, 2.45) is 0 Å². The zero-order valence-corrected chi connectivity index (χ0v) is 11.0. The number of hydrogen-bond donors (Lipinski definition) is 1. The Hall–Kier alpha value is -2.90. The van der Waals surface area contributed by atoms with Gasteiger partial charge in [-0.25, -0.2) is 4.98 Å². The second kappa shape index (κ2) is 4.89. The molecular weight excluding hydrogens is 276 g/mol. The summed E-state index contributed by atoms with van der Waals surface area (Å²) in [5.74, 6) is -0.286. The molecule has 1 aromatic heterocycles. The molecule has 0 saturated carbocycles. The molecule has 2 aromatic rings. The number of phenolic OH excluding ortho intramolecular Hbond substituents is 1. The maximum absolute atomic E-state index is 12.4. The SMILES string of the molecule is O=C(c1cccc([N+](=O)[O-])c1O)N1CCn2ccnc2C1. The number of aromatic hydroxyl groups is 1. The highest BCUT2D eigenvalue weighted by molar-refractivity contribution is 5.98. The molecule has 8 heteroatoms. The molecule has 1 aliphatic rings. The Morgan fingerprint density at radius 1 is 1.38 bits per heavy atom. The molecule has 108 valence electrons. The fourth-order valence-electron chi connectivity index (χ4n) is 2.37. The van der Waals surface area contributed by atoms with Crippen LogP contribution in [0.25, 0.3) is 0 Å². The van der Waals surface area contributed by atoms with Gasteiger partial charge in [-0.1, -0.05) is 6.07 Å². The quantitative estimate of drug-likeness (QED) is 0.659. The van der Waals surface area contributed by atoms with E-state index in [-0.39, 0.29) is 5.56 Å². The molecule has 8 nitrogen and oxygen atoms in total. The first-order chi connectivity index (χ1) is 10.1. The topological polar surface area (TPSA) is 101 Å². The number of nitrogens with zero attached hydrogens (tertiary/aromatic N) is 4. The number of phenols is 1. The third-order valence-electron chi connectivity index (χ3n) is 3.47. The standard InChI is InChI=1S/C13H12N4O4/c18-12-9(2-1-3-10(12)17(20)21)13(19)16-7-6-15-5-4-14-11(15)8-16/h1-5,18H,6-8H2. The molecule has 0 aliphatic carbocycles. The van der Waals surface area contributed by atoms with E-state index in [0.717, 1.165) is 11.9 Å². The van der Waals surface area contributed by atoms with Gasteiger partial charge in [-0.3, -0.25) is 14.9 Å². The molecular formula is C13H12N4O4. The first kappa shape index (κ1) is 13.1. The minimum Gasteiger partial charge on any atom is -0.502 e. The summed E-state index contributed by atoms with van der Waals surface area (Å²) in [6.07, 6.45) is 3.50. The molecule has 0 fully saturated rings. The van der Waals surface area contributed by atoms with Gasteiger partial charge in [0.2, 0.25) is 5.75 Å². The molecule has 0 radical (unpaired) electrons. The van der Waals surface area contributed by atoms with Crippen molar-refractivity contribution >= 4 is 11.6 Å². The van der Waals surface area contributed by atoms with E-state index in [2.05, 4.69) is 4.98 Å². The lowest BCUT2D eigenvalue weighted by Crippen LogP contribution is -2.38. The number of carbonyl (C=O) groups excluding carboxylic acids is 1. The van der Waals surface area contributed by atoms with Gasteiger partial charge in [-0.2, -0.15) is 0 Å². The van der Waals surface area contributed by atoms with Crippen molar-refractivity contribution in [1.29, 1.82) is 0 Å². The lowest BCUT2D eigenvalue weighted by Gasteiger charge is -2.27. The predicted molar refractivity (Wildman–Crippen MR) is 71.7 cm³/mol. The van der Waals surface area contributed by atoms with Crippen LogP contribution in [0, 0.1) is 10.1 Å². The summed E-state index contributed by atoms with van der Waals surface area (Å²) in [7, 11) is 0. The van der Waals surface area contributed by atoms with Gasteiger partial charge in [0, 0.05) is 31.5 Å². The predicted octanol–water partition coefficient (Wildman–Crippen LogP) is 1.15. The summed E-state index contributed by atoms with van der Waals surface area (Å²) >= 11 is 0. The van der Waals surface area contributed by atoms with Gasteiger partial charge in [0.25, 0.3) is 5.91 Å². The summed E-state index contributed by atoms with van der Waals surface area (Å²) < 4.78 is 1.94. The highest BCUT2D eigenvalue weighted by Crippen LogP contribution is 2.30. The minimum absolute atomic E-state index is 0.0655. The first-order valence-electron chi connectivity index (χ1n) is 6.33. The van der Waals surface area contributed by atoms with E-state index in [0.29, 0.717) is 19.6 Å². The maximum atomic E-state index is 12.4. The molecule has 1 aromatic carbocycles.